The van der Waals surface area contributed by atoms with E-state index in [0.717, 1.165) is 35.6 Å². The van der Waals surface area contributed by atoms with Crippen LogP contribution in [0.2, 0.25) is 0 Å². The normalized spacial score (nSPS) is 30.5. The molecule has 1 aromatic heterocycles. The molecule has 3 aliphatic carbocycles. The molecule has 5 rings (SSSR count). The van der Waals surface area contributed by atoms with E-state index in [4.69, 9.17) is 4.74 Å². The van der Waals surface area contributed by atoms with Gasteiger partial charge in [-0.15, -0.1) is 0 Å². The molecular formula is C21H21N3O2. The summed E-state index contributed by atoms with van der Waals surface area (Å²) in [4.78, 5) is 16.7. The Balaban J connectivity index is 1.39. The second kappa shape index (κ2) is 5.28. The van der Waals surface area contributed by atoms with Gasteiger partial charge in [0, 0.05) is 24.6 Å². The lowest BCUT2D eigenvalue weighted by atomic mass is 9.81. The van der Waals surface area contributed by atoms with E-state index < -0.39 is 0 Å². The van der Waals surface area contributed by atoms with Gasteiger partial charge in [0.15, 0.2) is 0 Å². The van der Waals surface area contributed by atoms with Gasteiger partial charge in [-0.2, -0.15) is 5.26 Å². The average molecular weight is 347 g/mol. The number of hydrogen-bond acceptors (Lipinski definition) is 4. The molecule has 2 aromatic rings. The number of nitrogens with zero attached hydrogens (tertiary/aromatic N) is 2. The predicted molar refractivity (Wildman–Crippen MR) is 97.5 cm³/mol. The van der Waals surface area contributed by atoms with E-state index in [2.05, 4.69) is 28.5 Å². The van der Waals surface area contributed by atoms with Gasteiger partial charge in [0.1, 0.15) is 5.82 Å². The van der Waals surface area contributed by atoms with Gasteiger partial charge < -0.3 is 10.1 Å². The van der Waals surface area contributed by atoms with Crippen molar-refractivity contribution in [2.24, 2.45) is 11.3 Å². The summed E-state index contributed by atoms with van der Waals surface area (Å²) in [5.74, 6) is 0.587. The molecule has 1 heterocycles. The van der Waals surface area contributed by atoms with Crippen molar-refractivity contribution in [1.29, 1.82) is 5.26 Å². The molecule has 5 heteroatoms. The molecular weight excluding hydrogens is 326 g/mol. The lowest BCUT2D eigenvalue weighted by Crippen LogP contribution is -2.38. The van der Waals surface area contributed by atoms with E-state index in [0.29, 0.717) is 5.82 Å². The topological polar surface area (TPSA) is 75.0 Å². The van der Waals surface area contributed by atoms with Gasteiger partial charge in [-0.05, 0) is 60.6 Å². The highest BCUT2D eigenvalue weighted by Crippen LogP contribution is 2.78. The van der Waals surface area contributed by atoms with Crippen LogP contribution in [0.15, 0.2) is 30.5 Å². The number of carbonyl (C=O) groups excluding carboxylic acids is 1. The molecule has 1 N–H and O–H groups in total. The van der Waals surface area contributed by atoms with Crippen LogP contribution in [0.3, 0.4) is 0 Å². The fraction of sp³-hybridized carbons (Fsp3) is 0.476. The number of fused-ring (bicyclic) bond motifs is 1. The summed E-state index contributed by atoms with van der Waals surface area (Å²) in [6.45, 7) is 0. The molecule has 1 aromatic carbocycles. The molecule has 3 aliphatic rings. The van der Waals surface area contributed by atoms with Crippen molar-refractivity contribution in [2.75, 3.05) is 12.4 Å². The minimum Gasteiger partial charge on any atom is -0.381 e. The van der Waals surface area contributed by atoms with Crippen molar-refractivity contribution in [2.45, 2.75) is 43.6 Å². The molecule has 0 bridgehead atoms. The number of anilines is 1. The Bertz CT molecular complexity index is 953. The van der Waals surface area contributed by atoms with Crippen LogP contribution in [0.1, 0.15) is 37.7 Å². The van der Waals surface area contributed by atoms with Crippen molar-refractivity contribution < 1.29 is 9.53 Å². The number of methoxy groups -OCH3 is 1. The number of rotatable bonds is 4. The number of pyridine rings is 1. The third-order valence-electron chi connectivity index (χ3n) is 6.69. The van der Waals surface area contributed by atoms with Crippen molar-refractivity contribution in [1.82, 2.24) is 4.98 Å². The minimum absolute atomic E-state index is 0.00632. The maximum atomic E-state index is 12.3. The largest absolute Gasteiger partial charge is 0.381 e. The molecule has 3 fully saturated rings. The molecule has 1 amide bonds. The fourth-order valence-corrected chi connectivity index (χ4v) is 4.52. The molecule has 3 saturated carbocycles. The third-order valence-corrected chi connectivity index (χ3v) is 6.69. The van der Waals surface area contributed by atoms with E-state index in [-0.39, 0.29) is 28.8 Å². The number of amides is 1. The molecule has 132 valence electrons. The highest BCUT2D eigenvalue weighted by Gasteiger charge is 2.75. The number of hydrogen-bond donors (Lipinski definition) is 1. The van der Waals surface area contributed by atoms with Crippen LogP contribution >= 0.6 is 0 Å². The molecule has 26 heavy (non-hydrogen) atoms. The van der Waals surface area contributed by atoms with Crippen molar-refractivity contribution in [3.8, 4) is 6.07 Å². The zero-order valence-electron chi connectivity index (χ0n) is 14.8. The van der Waals surface area contributed by atoms with Crippen LogP contribution < -0.4 is 5.32 Å². The first-order chi connectivity index (χ1) is 12.6. The van der Waals surface area contributed by atoms with Crippen LogP contribution in [-0.2, 0) is 14.9 Å². The van der Waals surface area contributed by atoms with E-state index >= 15 is 0 Å². The van der Waals surface area contributed by atoms with E-state index in [1.165, 1.54) is 12.8 Å². The minimum atomic E-state index is -0.297. The molecule has 5 nitrogen and oxygen atoms in total. The maximum Gasteiger partial charge on any atom is 0.228 e. The Kier molecular flexibility index (Phi) is 3.20. The lowest BCUT2D eigenvalue weighted by molar-refractivity contribution is -0.127. The van der Waals surface area contributed by atoms with Gasteiger partial charge in [-0.3, -0.25) is 4.79 Å². The van der Waals surface area contributed by atoms with Gasteiger partial charge in [-0.25, -0.2) is 4.98 Å². The van der Waals surface area contributed by atoms with Crippen LogP contribution in [0.25, 0.3) is 10.8 Å². The third kappa shape index (κ3) is 2.18. The first kappa shape index (κ1) is 15.8. The Hall–Kier alpha value is -2.45. The van der Waals surface area contributed by atoms with Crippen LogP contribution in [0.4, 0.5) is 5.82 Å². The molecule has 1 atom stereocenters. The summed E-state index contributed by atoms with van der Waals surface area (Å²) in [5.41, 5.74) is 1.06. The van der Waals surface area contributed by atoms with E-state index in [1.807, 2.05) is 12.1 Å². The predicted octanol–water partition coefficient (Wildman–Crippen LogP) is 3.54. The summed E-state index contributed by atoms with van der Waals surface area (Å²) in [5, 5.41) is 14.7. The number of ether oxygens (including phenoxy) is 1. The summed E-state index contributed by atoms with van der Waals surface area (Å²) in [6, 6.07) is 10.7. The first-order valence-electron chi connectivity index (χ1n) is 9.24. The highest BCUT2D eigenvalue weighted by atomic mass is 16.5. The van der Waals surface area contributed by atoms with Crippen molar-refractivity contribution in [3.63, 3.8) is 0 Å². The second-order valence-corrected chi connectivity index (χ2v) is 8.12. The number of aromatic nitrogens is 1. The Morgan fingerprint density at radius 1 is 1.31 bits per heavy atom. The zero-order chi connectivity index (χ0) is 17.9. The Morgan fingerprint density at radius 3 is 2.77 bits per heavy atom. The quantitative estimate of drug-likeness (QED) is 0.918. The van der Waals surface area contributed by atoms with E-state index in [9.17, 15) is 10.1 Å². The summed E-state index contributed by atoms with van der Waals surface area (Å²) >= 11 is 0. The van der Waals surface area contributed by atoms with Crippen molar-refractivity contribution >= 4 is 22.5 Å². The molecule has 1 unspecified atom stereocenters. The van der Waals surface area contributed by atoms with Gasteiger partial charge in [-0.1, -0.05) is 12.1 Å². The van der Waals surface area contributed by atoms with Gasteiger partial charge in [0.2, 0.25) is 5.91 Å². The monoisotopic (exact) mass is 347 g/mol. The average Bonchev–Trinajstić information content (AvgIpc) is 3.52. The SMILES string of the molecule is COC1CC(C(=O)Nc2cc3cc(C4(C#N)CC45CC5)ccc3cn2)C1. The van der Waals surface area contributed by atoms with Crippen LogP contribution in [0, 0.1) is 22.7 Å². The molecule has 0 saturated heterocycles. The number of benzene rings is 1. The number of nitriles is 1. The Morgan fingerprint density at radius 2 is 2.12 bits per heavy atom. The van der Waals surface area contributed by atoms with Gasteiger partial charge >= 0.3 is 0 Å². The fourth-order valence-electron chi connectivity index (χ4n) is 4.52. The molecule has 0 aliphatic heterocycles. The second-order valence-electron chi connectivity index (χ2n) is 8.12. The zero-order valence-corrected chi connectivity index (χ0v) is 14.8. The summed E-state index contributed by atoms with van der Waals surface area (Å²) in [6.07, 6.45) is 6.85. The van der Waals surface area contributed by atoms with Crippen LogP contribution in [-0.4, -0.2) is 24.1 Å². The lowest BCUT2D eigenvalue weighted by Gasteiger charge is -2.32. The highest BCUT2D eigenvalue weighted by molar-refractivity contribution is 5.94. The summed E-state index contributed by atoms with van der Waals surface area (Å²) in [7, 11) is 1.68. The molecule has 1 spiro atoms. The number of carbonyl (C=O) groups is 1. The van der Waals surface area contributed by atoms with E-state index in [1.54, 1.807) is 13.3 Å². The maximum absolute atomic E-state index is 12.3. The standard InChI is InChI=1S/C21H21N3O2/c1-26-17-7-15(8-17)19(25)24-18-9-14-6-16(3-2-13(14)10-23-18)21(12-22)11-20(21)4-5-20/h2-3,6,9-10,15,17H,4-5,7-8,11H2,1H3,(H,23,24,25). The smallest absolute Gasteiger partial charge is 0.228 e. The van der Waals surface area contributed by atoms with Crippen LogP contribution in [0.5, 0.6) is 0 Å². The first-order valence-corrected chi connectivity index (χ1v) is 9.24. The van der Waals surface area contributed by atoms with Gasteiger partial charge in [0.05, 0.1) is 17.6 Å². The Labute approximate surface area is 152 Å². The number of nitrogens with one attached hydrogen (secondary N) is 1. The molecule has 0 radical (unpaired) electrons. The van der Waals surface area contributed by atoms with Gasteiger partial charge in [0.25, 0.3) is 0 Å². The van der Waals surface area contributed by atoms with Crippen molar-refractivity contribution in [3.05, 3.63) is 36.0 Å². The summed E-state index contributed by atoms with van der Waals surface area (Å²) < 4.78 is 5.24.